The van der Waals surface area contributed by atoms with Crippen molar-refractivity contribution in [2.75, 3.05) is 18.4 Å². The Morgan fingerprint density at radius 1 is 1.08 bits per heavy atom. The summed E-state index contributed by atoms with van der Waals surface area (Å²) in [5.74, 6) is 0.984. The van der Waals surface area contributed by atoms with E-state index in [1.54, 1.807) is 0 Å². The molecule has 0 spiro atoms. The van der Waals surface area contributed by atoms with Gasteiger partial charge >= 0.3 is 0 Å². The maximum atomic E-state index is 3.57. The molecule has 1 fully saturated rings. The van der Waals surface area contributed by atoms with Crippen LogP contribution in [0.4, 0.5) is 0 Å². The van der Waals surface area contributed by atoms with Crippen LogP contribution in [0, 0.1) is 5.92 Å². The highest BCUT2D eigenvalue weighted by atomic mass is 79.9. The van der Waals surface area contributed by atoms with Gasteiger partial charge in [0.05, 0.1) is 0 Å². The van der Waals surface area contributed by atoms with E-state index >= 15 is 0 Å². The quantitative estimate of drug-likeness (QED) is 0.561. The fourth-order valence-electron chi connectivity index (χ4n) is 2.04. The van der Waals surface area contributed by atoms with Crippen LogP contribution in [0.5, 0.6) is 0 Å². The van der Waals surface area contributed by atoms with Crippen molar-refractivity contribution in [2.24, 2.45) is 5.92 Å². The summed E-state index contributed by atoms with van der Waals surface area (Å²) in [4.78, 5) is 0. The Morgan fingerprint density at radius 2 is 1.85 bits per heavy atom. The third kappa shape index (κ3) is 5.69. The summed E-state index contributed by atoms with van der Waals surface area (Å²) in [5, 5.41) is 4.72. The minimum atomic E-state index is 0.984. The van der Waals surface area contributed by atoms with Gasteiger partial charge in [-0.2, -0.15) is 0 Å². The molecule has 0 aromatic heterocycles. The zero-order chi connectivity index (χ0) is 9.36. The van der Waals surface area contributed by atoms with Crippen molar-refractivity contribution in [3.05, 3.63) is 0 Å². The molecule has 1 aliphatic rings. The molecular formula is C11H22BrN. The maximum Gasteiger partial charge on any atom is 0.00317 e. The summed E-state index contributed by atoms with van der Waals surface area (Å²) >= 11 is 3.45. The number of alkyl halides is 1. The van der Waals surface area contributed by atoms with Crippen LogP contribution in [0.1, 0.15) is 44.9 Å². The van der Waals surface area contributed by atoms with E-state index in [1.807, 2.05) is 0 Å². The first-order valence-electron chi connectivity index (χ1n) is 5.70. The van der Waals surface area contributed by atoms with Crippen LogP contribution in [0.15, 0.2) is 0 Å². The third-order valence-corrected chi connectivity index (χ3v) is 3.46. The molecule has 1 rings (SSSR count). The topological polar surface area (TPSA) is 12.0 Å². The summed E-state index contributed by atoms with van der Waals surface area (Å²) in [6.45, 7) is 2.48. The molecule has 1 N–H and O–H groups in total. The summed E-state index contributed by atoms with van der Waals surface area (Å²) in [6.07, 6.45) is 9.95. The average molecular weight is 248 g/mol. The molecule has 2 heteroatoms. The van der Waals surface area contributed by atoms with Crippen molar-refractivity contribution < 1.29 is 0 Å². The van der Waals surface area contributed by atoms with Crippen LogP contribution in [-0.2, 0) is 0 Å². The van der Waals surface area contributed by atoms with Crippen LogP contribution in [-0.4, -0.2) is 18.4 Å². The van der Waals surface area contributed by atoms with E-state index in [-0.39, 0.29) is 0 Å². The van der Waals surface area contributed by atoms with Gasteiger partial charge in [0.1, 0.15) is 0 Å². The average Bonchev–Trinajstić information content (AvgIpc) is 2.19. The van der Waals surface area contributed by atoms with Crippen molar-refractivity contribution in [1.82, 2.24) is 5.32 Å². The van der Waals surface area contributed by atoms with Crippen molar-refractivity contribution in [3.63, 3.8) is 0 Å². The summed E-state index contributed by atoms with van der Waals surface area (Å²) < 4.78 is 0. The first-order valence-corrected chi connectivity index (χ1v) is 6.82. The lowest BCUT2D eigenvalue weighted by Crippen LogP contribution is -2.25. The first-order chi connectivity index (χ1) is 6.43. The Kier molecular flexibility index (Phi) is 6.92. The molecule has 0 aliphatic heterocycles. The van der Waals surface area contributed by atoms with Crippen LogP contribution in [0.2, 0.25) is 0 Å². The van der Waals surface area contributed by atoms with Gasteiger partial charge in [0, 0.05) is 5.33 Å². The van der Waals surface area contributed by atoms with Gasteiger partial charge in [0.2, 0.25) is 0 Å². The zero-order valence-corrected chi connectivity index (χ0v) is 10.1. The monoisotopic (exact) mass is 247 g/mol. The summed E-state index contributed by atoms with van der Waals surface area (Å²) in [6, 6.07) is 0. The molecule has 78 valence electrons. The highest BCUT2D eigenvalue weighted by Crippen LogP contribution is 2.22. The molecule has 0 aromatic rings. The van der Waals surface area contributed by atoms with Crippen molar-refractivity contribution in [3.8, 4) is 0 Å². The fraction of sp³-hybridized carbons (Fsp3) is 1.00. The number of rotatable bonds is 6. The Balaban J connectivity index is 1.86. The van der Waals surface area contributed by atoms with Gasteiger partial charge in [-0.25, -0.2) is 0 Å². The molecule has 0 atom stereocenters. The molecule has 0 aromatic carbocycles. The van der Waals surface area contributed by atoms with Crippen molar-refractivity contribution in [2.45, 2.75) is 44.9 Å². The normalized spacial score (nSPS) is 19.2. The molecule has 13 heavy (non-hydrogen) atoms. The molecule has 0 unspecified atom stereocenters. The van der Waals surface area contributed by atoms with Crippen LogP contribution >= 0.6 is 15.9 Å². The smallest absolute Gasteiger partial charge is 0.00317 e. The van der Waals surface area contributed by atoms with Gasteiger partial charge in [-0.05, 0) is 44.7 Å². The van der Waals surface area contributed by atoms with Gasteiger partial charge in [-0.1, -0.05) is 35.2 Å². The van der Waals surface area contributed by atoms with E-state index in [2.05, 4.69) is 21.2 Å². The molecule has 1 saturated carbocycles. The zero-order valence-electron chi connectivity index (χ0n) is 8.53. The van der Waals surface area contributed by atoms with Gasteiger partial charge in [0.25, 0.3) is 0 Å². The molecular weight excluding hydrogens is 226 g/mol. The Labute approximate surface area is 90.8 Å². The number of hydrogen-bond acceptors (Lipinski definition) is 1. The van der Waals surface area contributed by atoms with E-state index in [4.69, 9.17) is 0 Å². The van der Waals surface area contributed by atoms with Gasteiger partial charge in [0.15, 0.2) is 0 Å². The Bertz CT molecular complexity index is 111. The standard InChI is InChI=1S/C11H22BrN/c12-8-4-5-9-13-10-11-6-2-1-3-7-11/h11,13H,1-10H2. The lowest BCUT2D eigenvalue weighted by atomic mass is 9.89. The predicted octanol–water partition coefficient (Wildman–Crippen LogP) is 3.33. The van der Waals surface area contributed by atoms with Gasteiger partial charge in [-0.15, -0.1) is 0 Å². The van der Waals surface area contributed by atoms with Crippen LogP contribution in [0.3, 0.4) is 0 Å². The number of unbranched alkanes of at least 4 members (excludes halogenated alkanes) is 1. The van der Waals surface area contributed by atoms with Gasteiger partial charge in [-0.3, -0.25) is 0 Å². The first kappa shape index (κ1) is 11.5. The molecule has 0 amide bonds. The molecule has 1 aliphatic carbocycles. The maximum absolute atomic E-state index is 3.57. The van der Waals surface area contributed by atoms with Crippen molar-refractivity contribution >= 4 is 15.9 Å². The fourth-order valence-corrected chi connectivity index (χ4v) is 2.44. The largest absolute Gasteiger partial charge is 0.316 e. The molecule has 0 bridgehead atoms. The van der Waals surface area contributed by atoms with E-state index in [1.165, 1.54) is 58.0 Å². The second-order valence-electron chi connectivity index (χ2n) is 4.10. The number of halogens is 1. The lowest BCUT2D eigenvalue weighted by molar-refractivity contribution is 0.342. The molecule has 1 nitrogen and oxygen atoms in total. The lowest BCUT2D eigenvalue weighted by Gasteiger charge is -2.21. The Hall–Kier alpha value is 0.440. The van der Waals surface area contributed by atoms with Crippen molar-refractivity contribution in [1.29, 1.82) is 0 Å². The second kappa shape index (κ2) is 7.81. The Morgan fingerprint density at radius 3 is 2.54 bits per heavy atom. The van der Waals surface area contributed by atoms with Gasteiger partial charge < -0.3 is 5.32 Å². The SMILES string of the molecule is BrCCCCNCC1CCCCC1. The summed E-state index contributed by atoms with van der Waals surface area (Å²) in [7, 11) is 0. The predicted molar refractivity (Wildman–Crippen MR) is 62.5 cm³/mol. The minimum Gasteiger partial charge on any atom is -0.316 e. The molecule has 0 heterocycles. The number of hydrogen-bond donors (Lipinski definition) is 1. The molecule has 0 saturated heterocycles. The highest BCUT2D eigenvalue weighted by Gasteiger charge is 2.11. The molecule has 0 radical (unpaired) electrons. The minimum absolute atomic E-state index is 0.984. The van der Waals surface area contributed by atoms with E-state index in [9.17, 15) is 0 Å². The van der Waals surface area contributed by atoms with Crippen LogP contribution < -0.4 is 5.32 Å². The summed E-state index contributed by atoms with van der Waals surface area (Å²) in [5.41, 5.74) is 0. The van der Waals surface area contributed by atoms with E-state index in [0.29, 0.717) is 0 Å². The van der Waals surface area contributed by atoms with Crippen LogP contribution in [0.25, 0.3) is 0 Å². The second-order valence-corrected chi connectivity index (χ2v) is 4.90. The highest BCUT2D eigenvalue weighted by molar-refractivity contribution is 9.09. The van der Waals surface area contributed by atoms with E-state index in [0.717, 1.165) is 11.2 Å². The van der Waals surface area contributed by atoms with E-state index < -0.39 is 0 Å². The number of nitrogens with one attached hydrogen (secondary N) is 1. The third-order valence-electron chi connectivity index (χ3n) is 2.89.